The molecule has 0 aliphatic carbocycles. The highest BCUT2D eigenvalue weighted by molar-refractivity contribution is 7.99. The fraction of sp³-hybridized carbons (Fsp3) is 0.286. The molecule has 1 atom stereocenters. The first-order chi connectivity index (χ1) is 16.8. The number of nitrogens with zero attached hydrogens (tertiary/aromatic N) is 1. The van der Waals surface area contributed by atoms with Crippen LogP contribution in [0, 0.1) is 5.82 Å². The van der Waals surface area contributed by atoms with Gasteiger partial charge in [0.05, 0.1) is 5.75 Å². The van der Waals surface area contributed by atoms with E-state index in [2.05, 4.69) is 5.32 Å². The Morgan fingerprint density at radius 3 is 2.17 bits per heavy atom. The highest BCUT2D eigenvalue weighted by Crippen LogP contribution is 2.20. The summed E-state index contributed by atoms with van der Waals surface area (Å²) in [7, 11) is 0. The van der Waals surface area contributed by atoms with E-state index in [1.54, 1.807) is 29.2 Å². The van der Waals surface area contributed by atoms with Gasteiger partial charge in [-0.25, -0.2) is 4.39 Å². The van der Waals surface area contributed by atoms with Gasteiger partial charge < -0.3 is 10.2 Å². The molecule has 0 fully saturated rings. The van der Waals surface area contributed by atoms with Gasteiger partial charge in [0.1, 0.15) is 11.9 Å². The minimum Gasteiger partial charge on any atom is -0.352 e. The summed E-state index contributed by atoms with van der Waals surface area (Å²) in [4.78, 5) is 28.5. The third kappa shape index (κ3) is 8.71. The van der Waals surface area contributed by atoms with Gasteiger partial charge in [-0.15, -0.1) is 11.8 Å². The van der Waals surface area contributed by atoms with E-state index in [-0.39, 0.29) is 36.0 Å². The van der Waals surface area contributed by atoms with Crippen molar-refractivity contribution in [1.29, 1.82) is 0 Å². The van der Waals surface area contributed by atoms with Gasteiger partial charge in [0, 0.05) is 29.8 Å². The molecular weight excluding hydrogens is 483 g/mol. The number of amides is 2. The molecule has 0 heterocycles. The Hall–Kier alpha value is -2.83. The highest BCUT2D eigenvalue weighted by atomic mass is 35.5. The molecule has 7 heteroatoms. The number of halogens is 2. The van der Waals surface area contributed by atoms with Crippen LogP contribution in [0.1, 0.15) is 30.5 Å². The molecule has 0 aliphatic rings. The van der Waals surface area contributed by atoms with Crippen LogP contribution in [0.4, 0.5) is 4.39 Å². The lowest BCUT2D eigenvalue weighted by Crippen LogP contribution is -2.52. The van der Waals surface area contributed by atoms with Gasteiger partial charge in [0.2, 0.25) is 11.8 Å². The maximum Gasteiger partial charge on any atom is 0.243 e. The fourth-order valence-corrected chi connectivity index (χ4v) is 4.64. The first-order valence-electron chi connectivity index (χ1n) is 11.5. The Labute approximate surface area is 215 Å². The summed E-state index contributed by atoms with van der Waals surface area (Å²) in [6.07, 6.45) is 0.404. The summed E-state index contributed by atoms with van der Waals surface area (Å²) >= 11 is 7.50. The van der Waals surface area contributed by atoms with Crippen molar-refractivity contribution >= 4 is 35.2 Å². The van der Waals surface area contributed by atoms with Gasteiger partial charge in [-0.05, 0) is 54.8 Å². The highest BCUT2D eigenvalue weighted by Gasteiger charge is 2.30. The van der Waals surface area contributed by atoms with Crippen molar-refractivity contribution in [3.8, 4) is 0 Å². The van der Waals surface area contributed by atoms with Crippen molar-refractivity contribution in [3.63, 3.8) is 0 Å². The standard InChI is InChI=1S/C28H30ClFN2O2S/c1-20(2)31-28(34)26(16-21-6-4-3-5-7-21)32(17-22-8-12-24(29)13-9-22)27(33)19-35-18-23-10-14-25(30)15-11-23/h3-15,20,26H,16-19H2,1-2H3,(H,31,34)/t26-/m0/s1. The number of nitrogens with one attached hydrogen (secondary N) is 1. The van der Waals surface area contributed by atoms with Crippen LogP contribution in [0.25, 0.3) is 0 Å². The molecule has 184 valence electrons. The number of benzene rings is 3. The van der Waals surface area contributed by atoms with Crippen LogP contribution in [0.3, 0.4) is 0 Å². The summed E-state index contributed by atoms with van der Waals surface area (Å²) in [5.41, 5.74) is 2.80. The smallest absolute Gasteiger partial charge is 0.243 e. The number of hydrogen-bond donors (Lipinski definition) is 1. The number of hydrogen-bond acceptors (Lipinski definition) is 3. The van der Waals surface area contributed by atoms with Crippen LogP contribution in [-0.2, 0) is 28.3 Å². The van der Waals surface area contributed by atoms with Crippen LogP contribution in [-0.4, -0.2) is 34.6 Å². The third-order valence-corrected chi connectivity index (χ3v) is 6.62. The Bertz CT molecular complexity index is 1090. The first kappa shape index (κ1) is 26.8. The quantitative estimate of drug-likeness (QED) is 0.349. The van der Waals surface area contributed by atoms with Crippen molar-refractivity contribution in [3.05, 3.63) is 106 Å². The second-order valence-electron chi connectivity index (χ2n) is 8.64. The normalized spacial score (nSPS) is 11.8. The van der Waals surface area contributed by atoms with Gasteiger partial charge in [0.25, 0.3) is 0 Å². The van der Waals surface area contributed by atoms with Gasteiger partial charge in [-0.2, -0.15) is 0 Å². The number of rotatable bonds is 11. The van der Waals surface area contributed by atoms with E-state index in [4.69, 9.17) is 11.6 Å². The van der Waals surface area contributed by atoms with E-state index in [9.17, 15) is 14.0 Å². The molecule has 0 spiro atoms. The molecule has 0 aliphatic heterocycles. The fourth-order valence-electron chi connectivity index (χ4n) is 3.64. The number of carbonyl (C=O) groups is 2. The van der Waals surface area contributed by atoms with Crippen molar-refractivity contribution in [2.45, 2.75) is 44.6 Å². The average Bonchev–Trinajstić information content (AvgIpc) is 2.84. The zero-order chi connectivity index (χ0) is 25.2. The SMILES string of the molecule is CC(C)NC(=O)[C@H](Cc1ccccc1)N(Cc1ccc(Cl)cc1)C(=O)CSCc1ccc(F)cc1. The summed E-state index contributed by atoms with van der Waals surface area (Å²) < 4.78 is 13.2. The van der Waals surface area contributed by atoms with Crippen LogP contribution >= 0.6 is 23.4 Å². The largest absolute Gasteiger partial charge is 0.352 e. The second kappa shape index (κ2) is 13.3. The van der Waals surface area contributed by atoms with E-state index in [0.29, 0.717) is 17.2 Å². The van der Waals surface area contributed by atoms with Gasteiger partial charge in [0.15, 0.2) is 0 Å². The molecule has 0 aromatic heterocycles. The summed E-state index contributed by atoms with van der Waals surface area (Å²) in [5.74, 6) is 0.165. The molecule has 4 nitrogen and oxygen atoms in total. The van der Waals surface area contributed by atoms with E-state index in [1.807, 2.05) is 56.3 Å². The predicted molar refractivity (Wildman–Crippen MR) is 142 cm³/mol. The van der Waals surface area contributed by atoms with Crippen LogP contribution < -0.4 is 5.32 Å². The lowest BCUT2D eigenvalue weighted by atomic mass is 10.0. The zero-order valence-corrected chi connectivity index (χ0v) is 21.5. The molecule has 0 saturated heterocycles. The van der Waals surface area contributed by atoms with Crippen molar-refractivity contribution in [1.82, 2.24) is 10.2 Å². The van der Waals surface area contributed by atoms with E-state index < -0.39 is 6.04 Å². The Kier molecular flexibility index (Phi) is 10.2. The van der Waals surface area contributed by atoms with Crippen LogP contribution in [0.2, 0.25) is 5.02 Å². The molecule has 0 unspecified atom stereocenters. The van der Waals surface area contributed by atoms with Gasteiger partial charge >= 0.3 is 0 Å². The molecule has 0 saturated carbocycles. The summed E-state index contributed by atoms with van der Waals surface area (Å²) in [6, 6.07) is 22.5. The lowest BCUT2D eigenvalue weighted by molar-refractivity contribution is -0.139. The van der Waals surface area contributed by atoms with Gasteiger partial charge in [-0.3, -0.25) is 9.59 Å². The maximum atomic E-state index is 13.5. The lowest BCUT2D eigenvalue weighted by Gasteiger charge is -2.32. The Balaban J connectivity index is 1.83. The molecule has 1 N–H and O–H groups in total. The summed E-state index contributed by atoms with van der Waals surface area (Å²) in [6.45, 7) is 4.10. The molecule has 3 aromatic carbocycles. The predicted octanol–water partition coefficient (Wildman–Crippen LogP) is 5.88. The van der Waals surface area contributed by atoms with Crippen molar-refractivity contribution in [2.75, 3.05) is 5.75 Å². The van der Waals surface area contributed by atoms with Gasteiger partial charge in [-0.1, -0.05) is 66.2 Å². The minimum atomic E-state index is -0.672. The molecule has 35 heavy (non-hydrogen) atoms. The Morgan fingerprint density at radius 1 is 0.914 bits per heavy atom. The average molecular weight is 513 g/mol. The zero-order valence-electron chi connectivity index (χ0n) is 19.9. The van der Waals surface area contributed by atoms with Crippen molar-refractivity contribution < 1.29 is 14.0 Å². The van der Waals surface area contributed by atoms with Crippen LogP contribution in [0.15, 0.2) is 78.9 Å². The maximum absolute atomic E-state index is 13.5. The molecule has 3 rings (SSSR count). The number of thioether (sulfide) groups is 1. The molecule has 3 aromatic rings. The molecule has 2 amide bonds. The van der Waals surface area contributed by atoms with E-state index in [1.165, 1.54) is 23.9 Å². The first-order valence-corrected chi connectivity index (χ1v) is 13.1. The van der Waals surface area contributed by atoms with Crippen molar-refractivity contribution in [2.24, 2.45) is 0 Å². The second-order valence-corrected chi connectivity index (χ2v) is 10.1. The number of carbonyl (C=O) groups excluding carboxylic acids is 2. The molecular formula is C28H30ClFN2O2S. The minimum absolute atomic E-state index is 0.0545. The third-order valence-electron chi connectivity index (χ3n) is 5.38. The topological polar surface area (TPSA) is 49.4 Å². The Morgan fingerprint density at radius 2 is 1.54 bits per heavy atom. The molecule has 0 radical (unpaired) electrons. The van der Waals surface area contributed by atoms with E-state index in [0.717, 1.165) is 16.7 Å². The monoisotopic (exact) mass is 512 g/mol. The summed E-state index contributed by atoms with van der Waals surface area (Å²) in [5, 5.41) is 3.60. The molecule has 0 bridgehead atoms. The van der Waals surface area contributed by atoms with E-state index >= 15 is 0 Å². The van der Waals surface area contributed by atoms with Crippen LogP contribution in [0.5, 0.6) is 0 Å².